The van der Waals surface area contributed by atoms with Crippen LogP contribution in [0.3, 0.4) is 0 Å². The number of nitrogens with one attached hydrogen (secondary N) is 2. The Morgan fingerprint density at radius 1 is 1.44 bits per heavy atom. The number of hydrogen-bond acceptors (Lipinski definition) is 7. The number of aromatic amines is 1. The molecule has 0 unspecified atom stereocenters. The Morgan fingerprint density at radius 3 is 2.89 bits per heavy atom. The summed E-state index contributed by atoms with van der Waals surface area (Å²) >= 11 is 1.41. The van der Waals surface area contributed by atoms with Crippen LogP contribution in [-0.2, 0) is 6.42 Å². The van der Waals surface area contributed by atoms with Gasteiger partial charge >= 0.3 is 0 Å². The molecule has 0 aliphatic heterocycles. The molecule has 8 heteroatoms. The minimum Gasteiger partial charge on any atom is -0.308 e. The van der Waals surface area contributed by atoms with Gasteiger partial charge in [-0.3, -0.25) is 5.10 Å². The van der Waals surface area contributed by atoms with Crippen molar-refractivity contribution in [3.8, 4) is 0 Å². The summed E-state index contributed by atoms with van der Waals surface area (Å²) < 4.78 is 0. The molecule has 0 amide bonds. The van der Waals surface area contributed by atoms with Gasteiger partial charge < -0.3 is 5.43 Å². The number of rotatable bonds is 5. The first kappa shape index (κ1) is 12.8. The summed E-state index contributed by atoms with van der Waals surface area (Å²) in [6.45, 7) is 4.01. The molecule has 0 saturated carbocycles. The molecule has 96 valence electrons. The van der Waals surface area contributed by atoms with E-state index in [1.54, 1.807) is 0 Å². The fraction of sp³-hybridized carbons (Fsp3) is 0.400. The molecule has 2 rings (SSSR count). The van der Waals surface area contributed by atoms with Gasteiger partial charge in [0.2, 0.25) is 0 Å². The number of hydrazine groups is 1. The van der Waals surface area contributed by atoms with Crippen LogP contribution in [0.25, 0.3) is 0 Å². The van der Waals surface area contributed by atoms with Crippen LogP contribution in [0, 0.1) is 6.92 Å². The standard InChI is InChI=1S/C10H15N7S/c1-3-4-7-14-8(16-11)6(2)9(15-7)18-10-12-5-13-17-10/h5H,3-4,11H2,1-2H3,(H,12,13,17)(H,14,15,16). The van der Waals surface area contributed by atoms with E-state index in [4.69, 9.17) is 5.84 Å². The summed E-state index contributed by atoms with van der Waals surface area (Å²) in [4.78, 5) is 12.9. The van der Waals surface area contributed by atoms with Crippen LogP contribution in [0.5, 0.6) is 0 Å². The summed E-state index contributed by atoms with van der Waals surface area (Å²) in [7, 11) is 0. The molecule has 0 aliphatic carbocycles. The maximum absolute atomic E-state index is 5.47. The predicted octanol–water partition coefficient (Wildman–Crippen LogP) is 1.29. The van der Waals surface area contributed by atoms with Crippen LogP contribution in [0.15, 0.2) is 16.5 Å². The van der Waals surface area contributed by atoms with E-state index in [9.17, 15) is 0 Å². The molecule has 2 aromatic rings. The van der Waals surface area contributed by atoms with Crippen molar-refractivity contribution >= 4 is 17.6 Å². The van der Waals surface area contributed by atoms with Crippen LogP contribution in [0.2, 0.25) is 0 Å². The molecule has 7 nitrogen and oxygen atoms in total. The lowest BCUT2D eigenvalue weighted by Crippen LogP contribution is -2.13. The number of anilines is 1. The zero-order valence-corrected chi connectivity index (χ0v) is 11.1. The topological polar surface area (TPSA) is 105 Å². The molecule has 2 aromatic heterocycles. The fourth-order valence-corrected chi connectivity index (χ4v) is 2.23. The smallest absolute Gasteiger partial charge is 0.189 e. The van der Waals surface area contributed by atoms with Gasteiger partial charge in [-0.15, -0.1) is 0 Å². The monoisotopic (exact) mass is 265 g/mol. The highest BCUT2D eigenvalue weighted by atomic mass is 32.2. The molecule has 0 bridgehead atoms. The Kier molecular flexibility index (Phi) is 4.11. The Balaban J connectivity index is 2.34. The second kappa shape index (κ2) is 5.78. The third-order valence-electron chi connectivity index (χ3n) is 2.34. The van der Waals surface area contributed by atoms with Gasteiger partial charge in [0, 0.05) is 12.0 Å². The molecule has 0 saturated heterocycles. The summed E-state index contributed by atoms with van der Waals surface area (Å²) in [6.07, 6.45) is 3.27. The molecular weight excluding hydrogens is 250 g/mol. The normalized spacial score (nSPS) is 10.6. The van der Waals surface area contributed by atoms with Crippen LogP contribution >= 0.6 is 11.8 Å². The van der Waals surface area contributed by atoms with Gasteiger partial charge in [0.05, 0.1) is 0 Å². The zero-order chi connectivity index (χ0) is 13.0. The van der Waals surface area contributed by atoms with Gasteiger partial charge in [0.1, 0.15) is 23.0 Å². The maximum Gasteiger partial charge on any atom is 0.189 e. The molecule has 0 aromatic carbocycles. The molecule has 0 fully saturated rings. The number of hydrogen-bond donors (Lipinski definition) is 3. The Bertz CT molecular complexity index is 511. The first-order valence-corrected chi connectivity index (χ1v) is 6.43. The lowest BCUT2D eigenvalue weighted by molar-refractivity contribution is 0.801. The van der Waals surface area contributed by atoms with Crippen molar-refractivity contribution in [3.63, 3.8) is 0 Å². The third-order valence-corrected chi connectivity index (χ3v) is 3.32. The van der Waals surface area contributed by atoms with Crippen molar-refractivity contribution in [1.29, 1.82) is 0 Å². The number of aromatic nitrogens is 5. The quantitative estimate of drug-likeness (QED) is 0.425. The van der Waals surface area contributed by atoms with E-state index in [1.165, 1.54) is 18.1 Å². The van der Waals surface area contributed by atoms with E-state index in [2.05, 4.69) is 37.5 Å². The first-order chi connectivity index (χ1) is 8.74. The fourth-order valence-electron chi connectivity index (χ4n) is 1.45. The van der Waals surface area contributed by atoms with Crippen molar-refractivity contribution in [2.75, 3.05) is 5.43 Å². The second-order valence-electron chi connectivity index (χ2n) is 3.71. The number of aryl methyl sites for hydroxylation is 1. The molecule has 2 heterocycles. The highest BCUT2D eigenvalue weighted by Crippen LogP contribution is 2.28. The third kappa shape index (κ3) is 2.77. The average Bonchev–Trinajstić information content (AvgIpc) is 2.86. The largest absolute Gasteiger partial charge is 0.308 e. The van der Waals surface area contributed by atoms with Crippen LogP contribution in [0.4, 0.5) is 5.82 Å². The number of nitrogens with zero attached hydrogens (tertiary/aromatic N) is 4. The van der Waals surface area contributed by atoms with Crippen molar-refractivity contribution in [2.24, 2.45) is 5.84 Å². The molecule has 0 radical (unpaired) electrons. The summed E-state index contributed by atoms with van der Waals surface area (Å²) in [6, 6.07) is 0. The van der Waals surface area contributed by atoms with Gasteiger partial charge in [-0.25, -0.2) is 20.8 Å². The zero-order valence-electron chi connectivity index (χ0n) is 10.3. The van der Waals surface area contributed by atoms with E-state index in [0.29, 0.717) is 11.0 Å². The Morgan fingerprint density at radius 2 is 2.28 bits per heavy atom. The van der Waals surface area contributed by atoms with E-state index in [0.717, 1.165) is 29.3 Å². The van der Waals surface area contributed by atoms with E-state index in [1.807, 2.05) is 6.92 Å². The highest BCUT2D eigenvalue weighted by molar-refractivity contribution is 7.99. The molecular formula is C10H15N7S. The van der Waals surface area contributed by atoms with Crippen LogP contribution < -0.4 is 11.3 Å². The Labute approximate surface area is 109 Å². The summed E-state index contributed by atoms with van der Waals surface area (Å²) in [5, 5.41) is 8.13. The first-order valence-electron chi connectivity index (χ1n) is 5.62. The minimum absolute atomic E-state index is 0.649. The van der Waals surface area contributed by atoms with Gasteiger partial charge in [0.25, 0.3) is 0 Å². The molecule has 0 spiro atoms. The van der Waals surface area contributed by atoms with E-state index >= 15 is 0 Å². The van der Waals surface area contributed by atoms with Crippen LogP contribution in [-0.4, -0.2) is 25.1 Å². The SMILES string of the molecule is CCCc1nc(NN)c(C)c(Sc2ncn[nH]2)n1. The minimum atomic E-state index is 0.649. The lowest BCUT2D eigenvalue weighted by Gasteiger charge is -2.10. The van der Waals surface area contributed by atoms with Gasteiger partial charge in [-0.1, -0.05) is 6.92 Å². The number of nitrogens with two attached hydrogens (primary N) is 1. The van der Waals surface area contributed by atoms with E-state index < -0.39 is 0 Å². The second-order valence-corrected chi connectivity index (χ2v) is 4.68. The number of nitrogen functional groups attached to an aromatic ring is 1. The summed E-state index contributed by atoms with van der Waals surface area (Å²) in [5.41, 5.74) is 3.51. The Hall–Kier alpha value is -1.67. The van der Waals surface area contributed by atoms with Crippen molar-refractivity contribution in [1.82, 2.24) is 25.1 Å². The lowest BCUT2D eigenvalue weighted by atomic mass is 10.3. The van der Waals surface area contributed by atoms with Crippen LogP contribution in [0.1, 0.15) is 24.7 Å². The average molecular weight is 265 g/mol. The molecule has 0 atom stereocenters. The maximum atomic E-state index is 5.47. The highest BCUT2D eigenvalue weighted by Gasteiger charge is 2.12. The molecule has 4 N–H and O–H groups in total. The van der Waals surface area contributed by atoms with Crippen molar-refractivity contribution in [3.05, 3.63) is 17.7 Å². The number of H-pyrrole nitrogens is 1. The predicted molar refractivity (Wildman–Crippen MR) is 69.1 cm³/mol. The molecule has 0 aliphatic rings. The van der Waals surface area contributed by atoms with Gasteiger partial charge in [-0.05, 0) is 25.1 Å². The van der Waals surface area contributed by atoms with Crippen molar-refractivity contribution in [2.45, 2.75) is 36.9 Å². The summed E-state index contributed by atoms with van der Waals surface area (Å²) in [5.74, 6) is 6.90. The molecule has 18 heavy (non-hydrogen) atoms. The van der Waals surface area contributed by atoms with E-state index in [-0.39, 0.29) is 0 Å². The van der Waals surface area contributed by atoms with Gasteiger partial charge in [0.15, 0.2) is 5.16 Å². The van der Waals surface area contributed by atoms with Gasteiger partial charge in [-0.2, -0.15) is 5.10 Å². The van der Waals surface area contributed by atoms with Crippen molar-refractivity contribution < 1.29 is 0 Å².